The molecule has 3 heterocycles. The normalized spacial score (nSPS) is 25.6. The smallest absolute Gasteiger partial charge is 0.261 e. The molecule has 96 valence electrons. The number of aryl methyl sites for hydroxylation is 1. The van der Waals surface area contributed by atoms with Crippen LogP contribution in [0.15, 0.2) is 18.3 Å². The molecule has 3 rings (SSSR count). The molecule has 0 radical (unpaired) electrons. The van der Waals surface area contributed by atoms with Crippen LogP contribution >= 0.6 is 0 Å². The van der Waals surface area contributed by atoms with Gasteiger partial charge >= 0.3 is 0 Å². The zero-order valence-electron chi connectivity index (χ0n) is 10.7. The van der Waals surface area contributed by atoms with Crippen molar-refractivity contribution in [1.82, 2.24) is 14.7 Å². The van der Waals surface area contributed by atoms with Crippen LogP contribution in [0.3, 0.4) is 0 Å². The number of methoxy groups -OCH3 is 1. The Hall–Kier alpha value is -1.78. The maximum absolute atomic E-state index is 12.6. The number of rotatable bonds is 2. The van der Waals surface area contributed by atoms with Gasteiger partial charge in [0.1, 0.15) is 5.56 Å². The van der Waals surface area contributed by atoms with Crippen molar-refractivity contribution in [3.8, 4) is 5.88 Å². The van der Waals surface area contributed by atoms with E-state index in [4.69, 9.17) is 4.74 Å². The number of carbonyl (C=O) groups excluding carboxylic acids is 1. The largest absolute Gasteiger partial charge is 0.479 e. The van der Waals surface area contributed by atoms with E-state index in [2.05, 4.69) is 17.3 Å². The lowest BCUT2D eigenvalue weighted by molar-refractivity contribution is 0.0685. The van der Waals surface area contributed by atoms with Gasteiger partial charge in [0.15, 0.2) is 0 Å². The van der Waals surface area contributed by atoms with Crippen molar-refractivity contribution in [2.45, 2.75) is 31.3 Å². The Morgan fingerprint density at radius 3 is 3.06 bits per heavy atom. The number of ether oxygens (including phenoxy) is 1. The quantitative estimate of drug-likeness (QED) is 0.741. The number of nitrogens with zero attached hydrogens (tertiary/aromatic N) is 3. The van der Waals surface area contributed by atoms with Crippen molar-refractivity contribution in [1.29, 1.82) is 0 Å². The minimum atomic E-state index is 0.0387. The van der Waals surface area contributed by atoms with Gasteiger partial charge in [0.05, 0.1) is 13.2 Å². The van der Waals surface area contributed by atoms with Crippen molar-refractivity contribution >= 4 is 5.91 Å². The van der Waals surface area contributed by atoms with Crippen LogP contribution in [0.1, 0.15) is 29.6 Å². The second-order valence-corrected chi connectivity index (χ2v) is 4.90. The van der Waals surface area contributed by atoms with Crippen LogP contribution in [0.2, 0.25) is 0 Å². The highest BCUT2D eigenvalue weighted by Crippen LogP contribution is 2.33. The molecule has 0 aromatic carbocycles. The number of hydrogen-bond acceptors (Lipinski definition) is 3. The molecule has 2 aliphatic rings. The van der Waals surface area contributed by atoms with Gasteiger partial charge in [-0.15, -0.1) is 5.10 Å². The van der Waals surface area contributed by atoms with Gasteiger partial charge < -0.3 is 9.64 Å². The van der Waals surface area contributed by atoms with Gasteiger partial charge in [-0.2, -0.15) is 0 Å². The summed E-state index contributed by atoms with van der Waals surface area (Å²) in [5.74, 6) is 0.452. The lowest BCUT2D eigenvalue weighted by Crippen LogP contribution is -2.42. The highest BCUT2D eigenvalue weighted by Gasteiger charge is 2.38. The standard InChI is InChI=1S/C13H17N3O2/c1-15-8-11(12(14-15)18-2)13(17)16-9-4-3-5-10(16)7-6-9/h3-4,8-10H,5-7H2,1-2H3. The van der Waals surface area contributed by atoms with Gasteiger partial charge in [-0.05, 0) is 19.3 Å². The summed E-state index contributed by atoms with van der Waals surface area (Å²) < 4.78 is 6.79. The molecule has 2 atom stereocenters. The fraction of sp³-hybridized carbons (Fsp3) is 0.538. The zero-order valence-corrected chi connectivity index (χ0v) is 10.7. The van der Waals surface area contributed by atoms with E-state index >= 15 is 0 Å². The Balaban J connectivity index is 1.93. The molecule has 2 aliphatic heterocycles. The van der Waals surface area contributed by atoms with Crippen LogP contribution in [0.25, 0.3) is 0 Å². The molecule has 2 bridgehead atoms. The van der Waals surface area contributed by atoms with Gasteiger partial charge in [0.2, 0.25) is 5.88 Å². The first-order valence-corrected chi connectivity index (χ1v) is 6.27. The third kappa shape index (κ3) is 1.62. The van der Waals surface area contributed by atoms with E-state index in [-0.39, 0.29) is 11.9 Å². The predicted octanol–water partition coefficient (Wildman–Crippen LogP) is 1.36. The van der Waals surface area contributed by atoms with E-state index in [1.165, 1.54) is 0 Å². The van der Waals surface area contributed by atoms with Gasteiger partial charge in [-0.1, -0.05) is 12.2 Å². The molecule has 18 heavy (non-hydrogen) atoms. The van der Waals surface area contributed by atoms with E-state index < -0.39 is 0 Å². The number of carbonyl (C=O) groups is 1. The Morgan fingerprint density at radius 1 is 1.50 bits per heavy atom. The number of aromatic nitrogens is 2. The fourth-order valence-electron chi connectivity index (χ4n) is 2.95. The summed E-state index contributed by atoms with van der Waals surface area (Å²) in [6, 6.07) is 0.596. The van der Waals surface area contributed by atoms with Crippen molar-refractivity contribution in [3.63, 3.8) is 0 Å². The van der Waals surface area contributed by atoms with Gasteiger partial charge in [0.25, 0.3) is 5.91 Å². The molecule has 1 aromatic heterocycles. The predicted molar refractivity (Wildman–Crippen MR) is 66.5 cm³/mol. The zero-order chi connectivity index (χ0) is 12.7. The van der Waals surface area contributed by atoms with Gasteiger partial charge in [-0.25, -0.2) is 0 Å². The first-order valence-electron chi connectivity index (χ1n) is 6.27. The Labute approximate surface area is 106 Å². The number of fused-ring (bicyclic) bond motifs is 2. The second-order valence-electron chi connectivity index (χ2n) is 4.90. The summed E-state index contributed by atoms with van der Waals surface area (Å²) in [4.78, 5) is 14.6. The van der Waals surface area contributed by atoms with Crippen LogP contribution in [0.5, 0.6) is 5.88 Å². The van der Waals surface area contributed by atoms with Crippen LogP contribution in [0.4, 0.5) is 0 Å². The molecule has 1 amide bonds. The van der Waals surface area contributed by atoms with E-state index in [1.54, 1.807) is 25.0 Å². The summed E-state index contributed by atoms with van der Waals surface area (Å²) >= 11 is 0. The second kappa shape index (κ2) is 4.15. The molecule has 1 fully saturated rings. The Morgan fingerprint density at radius 2 is 2.33 bits per heavy atom. The van der Waals surface area contributed by atoms with E-state index in [0.717, 1.165) is 19.3 Å². The molecular weight excluding hydrogens is 230 g/mol. The summed E-state index contributed by atoms with van der Waals surface area (Å²) in [6.07, 6.45) is 9.18. The van der Waals surface area contributed by atoms with Crippen molar-refractivity contribution in [2.24, 2.45) is 7.05 Å². The highest BCUT2D eigenvalue weighted by atomic mass is 16.5. The molecule has 0 aliphatic carbocycles. The summed E-state index contributed by atoms with van der Waals surface area (Å²) in [5.41, 5.74) is 0.562. The molecule has 0 saturated carbocycles. The summed E-state index contributed by atoms with van der Waals surface area (Å²) in [7, 11) is 3.34. The Bertz CT molecular complexity index is 506. The molecule has 5 nitrogen and oxygen atoms in total. The molecular formula is C13H17N3O2. The highest BCUT2D eigenvalue weighted by molar-refractivity contribution is 5.97. The van der Waals surface area contributed by atoms with E-state index in [0.29, 0.717) is 17.5 Å². The average Bonchev–Trinajstić information content (AvgIpc) is 2.86. The van der Waals surface area contributed by atoms with Crippen molar-refractivity contribution in [3.05, 3.63) is 23.9 Å². The third-order valence-electron chi connectivity index (χ3n) is 3.77. The maximum Gasteiger partial charge on any atom is 0.261 e. The molecule has 1 saturated heterocycles. The monoisotopic (exact) mass is 247 g/mol. The van der Waals surface area contributed by atoms with Gasteiger partial charge in [0, 0.05) is 19.3 Å². The van der Waals surface area contributed by atoms with Crippen LogP contribution < -0.4 is 4.74 Å². The van der Waals surface area contributed by atoms with Crippen molar-refractivity contribution in [2.75, 3.05) is 7.11 Å². The minimum absolute atomic E-state index is 0.0387. The first kappa shape index (κ1) is 11.3. The SMILES string of the molecule is COc1nn(C)cc1C(=O)N1C2C=CCC1CC2. The third-order valence-corrected chi connectivity index (χ3v) is 3.77. The van der Waals surface area contributed by atoms with E-state index in [1.807, 2.05) is 4.90 Å². The molecule has 1 aromatic rings. The Kier molecular flexibility index (Phi) is 2.61. The lowest BCUT2D eigenvalue weighted by Gasteiger charge is -2.31. The fourth-order valence-corrected chi connectivity index (χ4v) is 2.95. The number of hydrogen-bond donors (Lipinski definition) is 0. The van der Waals surface area contributed by atoms with Crippen LogP contribution in [-0.4, -0.2) is 39.8 Å². The topological polar surface area (TPSA) is 47.4 Å². The number of amides is 1. The average molecular weight is 247 g/mol. The van der Waals surface area contributed by atoms with Gasteiger partial charge in [-0.3, -0.25) is 9.48 Å². The van der Waals surface area contributed by atoms with Crippen LogP contribution in [-0.2, 0) is 7.05 Å². The van der Waals surface area contributed by atoms with Crippen LogP contribution in [0, 0.1) is 0 Å². The molecule has 5 heteroatoms. The van der Waals surface area contributed by atoms with Crippen molar-refractivity contribution < 1.29 is 9.53 Å². The summed E-state index contributed by atoms with van der Waals surface area (Å²) in [5, 5.41) is 4.14. The maximum atomic E-state index is 12.6. The first-order chi connectivity index (χ1) is 8.70. The molecule has 0 spiro atoms. The minimum Gasteiger partial charge on any atom is -0.479 e. The molecule has 2 unspecified atom stereocenters. The lowest BCUT2D eigenvalue weighted by atomic mass is 10.1. The summed E-state index contributed by atoms with van der Waals surface area (Å²) in [6.45, 7) is 0. The van der Waals surface area contributed by atoms with E-state index in [9.17, 15) is 4.79 Å². The molecule has 0 N–H and O–H groups in total.